The Balaban J connectivity index is 1.72. The summed E-state index contributed by atoms with van der Waals surface area (Å²) < 4.78 is 9.81. The highest BCUT2D eigenvalue weighted by Gasteiger charge is 2.28. The molecule has 1 fully saturated rings. The van der Waals surface area contributed by atoms with Crippen molar-refractivity contribution in [2.24, 2.45) is 0 Å². The van der Waals surface area contributed by atoms with Crippen LogP contribution < -0.4 is 4.90 Å². The van der Waals surface area contributed by atoms with Crippen LogP contribution in [-0.4, -0.2) is 40.3 Å². The van der Waals surface area contributed by atoms with Crippen LogP contribution in [0.15, 0.2) is 17.5 Å². The molecule has 0 radical (unpaired) electrons. The number of aromatic nitrogens is 2. The van der Waals surface area contributed by atoms with Crippen LogP contribution in [0, 0.1) is 6.92 Å². The van der Waals surface area contributed by atoms with Crippen molar-refractivity contribution in [2.75, 3.05) is 24.7 Å². The summed E-state index contributed by atoms with van der Waals surface area (Å²) in [5.41, 5.74) is 0. The minimum atomic E-state index is -0.446. The van der Waals surface area contributed by atoms with Crippen LogP contribution in [0.25, 0.3) is 0 Å². The predicted octanol–water partition coefficient (Wildman–Crippen LogP) is 2.24. The first-order valence-electron chi connectivity index (χ1n) is 6.60. The summed E-state index contributed by atoms with van der Waals surface area (Å²) in [6, 6.07) is 4.08. The molecule has 1 aliphatic heterocycles. The van der Waals surface area contributed by atoms with Gasteiger partial charge in [0.25, 0.3) is 0 Å². The van der Waals surface area contributed by atoms with Crippen LogP contribution in [0.5, 0.6) is 0 Å². The number of nitrogens with zero attached hydrogens (tertiary/aromatic N) is 3. The Labute approximate surface area is 126 Å². The smallest absolute Gasteiger partial charge is 0.205 e. The van der Waals surface area contributed by atoms with E-state index in [0.717, 1.165) is 22.4 Å². The summed E-state index contributed by atoms with van der Waals surface area (Å²) in [6.07, 6.45) is 0.206. The fraction of sp³-hybridized carbons (Fsp3) is 0.538. The standard InChI is InChI=1S/C13H17N3O2S2/c1-9-14-13(20-15-9)16-4-5-18-8-10(16)7-11(17)12-3-2-6-19-12/h2-3,6,10-11,17H,4-5,7-8H2,1H3. The number of aliphatic hydroxyl groups excluding tert-OH is 1. The molecule has 0 aliphatic carbocycles. The molecule has 1 aliphatic rings. The molecule has 0 aromatic carbocycles. The van der Waals surface area contributed by atoms with Crippen molar-refractivity contribution >= 4 is 28.0 Å². The number of hydrogen-bond acceptors (Lipinski definition) is 7. The summed E-state index contributed by atoms with van der Waals surface area (Å²) in [5.74, 6) is 0.800. The molecule has 0 spiro atoms. The molecule has 20 heavy (non-hydrogen) atoms. The molecule has 2 unspecified atom stereocenters. The Hall–Kier alpha value is -1.02. The van der Waals surface area contributed by atoms with E-state index in [0.29, 0.717) is 19.6 Å². The predicted molar refractivity (Wildman–Crippen MR) is 80.5 cm³/mol. The molecule has 7 heteroatoms. The van der Waals surface area contributed by atoms with Crippen LogP contribution >= 0.6 is 22.9 Å². The second kappa shape index (κ2) is 6.17. The highest BCUT2D eigenvalue weighted by molar-refractivity contribution is 7.10. The maximum atomic E-state index is 10.3. The minimum Gasteiger partial charge on any atom is -0.387 e. The normalized spacial score (nSPS) is 21.1. The van der Waals surface area contributed by atoms with Gasteiger partial charge in [0.15, 0.2) is 0 Å². The second-order valence-corrected chi connectivity index (χ2v) is 6.52. The zero-order valence-corrected chi connectivity index (χ0v) is 12.9. The number of aryl methyl sites for hydroxylation is 1. The van der Waals surface area contributed by atoms with Crippen molar-refractivity contribution in [1.29, 1.82) is 0 Å². The van der Waals surface area contributed by atoms with Gasteiger partial charge in [-0.15, -0.1) is 11.3 Å². The lowest BCUT2D eigenvalue weighted by atomic mass is 10.1. The zero-order chi connectivity index (χ0) is 13.9. The van der Waals surface area contributed by atoms with Crippen molar-refractivity contribution in [2.45, 2.75) is 25.5 Å². The number of thiophene rings is 1. The highest BCUT2D eigenvalue weighted by atomic mass is 32.1. The van der Waals surface area contributed by atoms with E-state index in [1.807, 2.05) is 24.4 Å². The Morgan fingerprint density at radius 3 is 3.20 bits per heavy atom. The second-order valence-electron chi connectivity index (χ2n) is 4.81. The molecule has 5 nitrogen and oxygen atoms in total. The average molecular weight is 311 g/mol. The molecule has 0 saturated carbocycles. The van der Waals surface area contributed by atoms with Gasteiger partial charge in [0.1, 0.15) is 5.82 Å². The summed E-state index contributed by atoms with van der Waals surface area (Å²) in [5, 5.41) is 13.2. The maximum absolute atomic E-state index is 10.3. The minimum absolute atomic E-state index is 0.146. The van der Waals surface area contributed by atoms with E-state index in [1.54, 1.807) is 11.3 Å². The number of anilines is 1. The van der Waals surface area contributed by atoms with Gasteiger partial charge in [-0.1, -0.05) is 6.07 Å². The maximum Gasteiger partial charge on any atom is 0.205 e. The molecule has 3 rings (SSSR count). The van der Waals surface area contributed by atoms with Gasteiger partial charge in [-0.05, 0) is 18.4 Å². The number of rotatable bonds is 4. The number of hydrogen-bond donors (Lipinski definition) is 1. The van der Waals surface area contributed by atoms with Gasteiger partial charge in [0.05, 0.1) is 25.4 Å². The van der Waals surface area contributed by atoms with Crippen molar-refractivity contribution in [1.82, 2.24) is 9.36 Å². The first kappa shape index (κ1) is 13.9. The summed E-state index contributed by atoms with van der Waals surface area (Å²) in [7, 11) is 0. The molecule has 1 N–H and O–H groups in total. The van der Waals surface area contributed by atoms with E-state index in [2.05, 4.69) is 14.3 Å². The van der Waals surface area contributed by atoms with E-state index in [-0.39, 0.29) is 6.04 Å². The third-order valence-corrected chi connectivity index (χ3v) is 5.18. The van der Waals surface area contributed by atoms with Gasteiger partial charge in [0, 0.05) is 29.4 Å². The lowest BCUT2D eigenvalue weighted by Crippen LogP contribution is -2.46. The van der Waals surface area contributed by atoms with E-state index in [4.69, 9.17) is 4.74 Å². The van der Waals surface area contributed by atoms with Gasteiger partial charge in [-0.2, -0.15) is 4.37 Å². The monoisotopic (exact) mass is 311 g/mol. The van der Waals surface area contributed by atoms with E-state index >= 15 is 0 Å². The lowest BCUT2D eigenvalue weighted by Gasteiger charge is -2.36. The van der Waals surface area contributed by atoms with Crippen LogP contribution in [0.4, 0.5) is 5.13 Å². The highest BCUT2D eigenvalue weighted by Crippen LogP contribution is 2.29. The van der Waals surface area contributed by atoms with Crippen molar-refractivity contribution < 1.29 is 9.84 Å². The summed E-state index contributed by atoms with van der Waals surface area (Å²) in [4.78, 5) is 7.67. The molecule has 2 aromatic rings. The quantitative estimate of drug-likeness (QED) is 0.938. The average Bonchev–Trinajstić information content (AvgIpc) is 3.10. The van der Waals surface area contributed by atoms with Gasteiger partial charge in [-0.25, -0.2) is 4.98 Å². The Bertz CT molecular complexity index is 544. The van der Waals surface area contributed by atoms with Gasteiger partial charge in [-0.3, -0.25) is 0 Å². The zero-order valence-electron chi connectivity index (χ0n) is 11.2. The Morgan fingerprint density at radius 2 is 2.50 bits per heavy atom. The largest absolute Gasteiger partial charge is 0.387 e. The number of morpholine rings is 1. The molecule has 108 valence electrons. The number of aliphatic hydroxyl groups is 1. The van der Waals surface area contributed by atoms with Crippen LogP contribution in [0.3, 0.4) is 0 Å². The molecule has 2 aromatic heterocycles. The van der Waals surface area contributed by atoms with Crippen molar-refractivity contribution in [3.05, 3.63) is 28.2 Å². The molecule has 3 heterocycles. The lowest BCUT2D eigenvalue weighted by molar-refractivity contribution is 0.0688. The molecular formula is C13H17N3O2S2. The molecular weight excluding hydrogens is 294 g/mol. The first-order valence-corrected chi connectivity index (χ1v) is 8.25. The molecule has 0 amide bonds. The fourth-order valence-corrected chi connectivity index (χ4v) is 3.86. The van der Waals surface area contributed by atoms with E-state index in [1.165, 1.54) is 11.5 Å². The molecule has 1 saturated heterocycles. The number of ether oxygens (including phenoxy) is 1. The van der Waals surface area contributed by atoms with Gasteiger partial charge in [0.2, 0.25) is 5.13 Å². The van der Waals surface area contributed by atoms with E-state index < -0.39 is 6.10 Å². The Kier molecular flexibility index (Phi) is 4.30. The van der Waals surface area contributed by atoms with Gasteiger partial charge < -0.3 is 14.7 Å². The summed E-state index contributed by atoms with van der Waals surface area (Å²) in [6.45, 7) is 4.03. The van der Waals surface area contributed by atoms with Crippen LogP contribution in [-0.2, 0) is 4.74 Å². The van der Waals surface area contributed by atoms with Gasteiger partial charge >= 0.3 is 0 Å². The third-order valence-electron chi connectivity index (χ3n) is 3.36. The SMILES string of the molecule is Cc1nsc(N2CCOCC2CC(O)c2cccs2)n1. The first-order chi connectivity index (χ1) is 9.74. The summed E-state index contributed by atoms with van der Waals surface area (Å²) >= 11 is 3.00. The topological polar surface area (TPSA) is 58.5 Å². The molecule has 2 atom stereocenters. The fourth-order valence-electron chi connectivity index (χ4n) is 2.36. The van der Waals surface area contributed by atoms with Crippen LogP contribution in [0.1, 0.15) is 23.2 Å². The van der Waals surface area contributed by atoms with Crippen LogP contribution in [0.2, 0.25) is 0 Å². The van der Waals surface area contributed by atoms with Crippen molar-refractivity contribution in [3.8, 4) is 0 Å². The Morgan fingerprint density at radius 1 is 1.60 bits per heavy atom. The molecule has 0 bridgehead atoms. The van der Waals surface area contributed by atoms with Crippen molar-refractivity contribution in [3.63, 3.8) is 0 Å². The van der Waals surface area contributed by atoms with E-state index in [9.17, 15) is 5.11 Å². The third kappa shape index (κ3) is 3.01.